The topological polar surface area (TPSA) is 34.5 Å². The molecule has 0 saturated heterocycles. The van der Waals surface area contributed by atoms with Crippen LogP contribution in [0.4, 0.5) is 0 Å². The second kappa shape index (κ2) is 9.67. The minimum absolute atomic E-state index is 0.0477. The summed E-state index contributed by atoms with van der Waals surface area (Å²) in [5.74, 6) is 0.865. The maximum Gasteiger partial charge on any atom is 0.254 e. The molecule has 0 bridgehead atoms. The van der Waals surface area contributed by atoms with Crippen LogP contribution >= 0.6 is 15.9 Å². The van der Waals surface area contributed by atoms with E-state index in [1.54, 1.807) is 0 Å². The van der Waals surface area contributed by atoms with Crippen molar-refractivity contribution >= 4 is 21.8 Å². The largest absolute Gasteiger partial charge is 0.489 e. The lowest BCUT2D eigenvalue weighted by atomic mass is 10.0. The fourth-order valence-electron chi connectivity index (χ4n) is 4.39. The fourth-order valence-corrected chi connectivity index (χ4v) is 4.66. The molecule has 4 nitrogen and oxygen atoms in total. The Kier molecular flexibility index (Phi) is 6.31. The number of aryl methyl sites for hydroxylation is 1. The van der Waals surface area contributed by atoms with E-state index in [0.29, 0.717) is 18.7 Å². The van der Waals surface area contributed by atoms with Crippen molar-refractivity contribution in [2.24, 2.45) is 0 Å². The number of amides is 1. The van der Waals surface area contributed by atoms with Crippen molar-refractivity contribution in [3.05, 3.63) is 124 Å². The van der Waals surface area contributed by atoms with Crippen LogP contribution in [-0.4, -0.2) is 21.9 Å². The molecule has 3 aromatic carbocycles. The highest BCUT2D eigenvalue weighted by Gasteiger charge is 2.31. The van der Waals surface area contributed by atoms with Crippen LogP contribution in [0.5, 0.6) is 5.75 Å². The highest BCUT2D eigenvalue weighted by atomic mass is 79.9. The summed E-state index contributed by atoms with van der Waals surface area (Å²) in [6.07, 6.45) is 3.02. The number of hydrogen-bond donors (Lipinski definition) is 0. The molecular weight excluding hydrogens is 476 g/mol. The molecule has 0 saturated carbocycles. The highest BCUT2D eigenvalue weighted by molar-refractivity contribution is 9.10. The molecule has 166 valence electrons. The lowest BCUT2D eigenvalue weighted by Gasteiger charge is -2.31. The van der Waals surface area contributed by atoms with Crippen molar-refractivity contribution in [3.63, 3.8) is 0 Å². The third-order valence-electron chi connectivity index (χ3n) is 6.05. The summed E-state index contributed by atoms with van der Waals surface area (Å²) in [5.41, 5.74) is 4.05. The van der Waals surface area contributed by atoms with Gasteiger partial charge in [0, 0.05) is 35.0 Å². The molecular formula is C28H25BrN2O2. The zero-order valence-corrected chi connectivity index (χ0v) is 19.8. The Morgan fingerprint density at radius 2 is 1.64 bits per heavy atom. The van der Waals surface area contributed by atoms with E-state index in [4.69, 9.17) is 4.74 Å². The standard InChI is InChI=1S/C28H25BrN2O2/c29-24-13-9-23(10-14-24)28(32)31-19-5-18-30-17-4-8-26(30)27(31)22-11-15-25(16-12-22)33-20-21-6-2-1-3-7-21/h1-4,6-17,27H,5,18-20H2. The number of nitrogens with zero attached hydrogens (tertiary/aromatic N) is 2. The Balaban J connectivity index is 1.43. The second-order valence-electron chi connectivity index (χ2n) is 8.23. The van der Waals surface area contributed by atoms with Gasteiger partial charge in [-0.25, -0.2) is 0 Å². The van der Waals surface area contributed by atoms with Gasteiger partial charge in [0.2, 0.25) is 0 Å². The first-order chi connectivity index (χ1) is 16.2. The third-order valence-corrected chi connectivity index (χ3v) is 6.58. The van der Waals surface area contributed by atoms with E-state index in [9.17, 15) is 4.79 Å². The SMILES string of the molecule is O=C(c1ccc(Br)cc1)N1CCCn2cccc2C1c1ccc(OCc2ccccc2)cc1. The highest BCUT2D eigenvalue weighted by Crippen LogP contribution is 2.34. The van der Waals surface area contributed by atoms with E-state index < -0.39 is 0 Å². The van der Waals surface area contributed by atoms with Gasteiger partial charge in [-0.3, -0.25) is 4.79 Å². The van der Waals surface area contributed by atoms with E-state index in [1.165, 1.54) is 0 Å². The summed E-state index contributed by atoms with van der Waals surface area (Å²) in [7, 11) is 0. The van der Waals surface area contributed by atoms with Crippen molar-refractivity contribution in [2.45, 2.75) is 25.6 Å². The lowest BCUT2D eigenvalue weighted by molar-refractivity contribution is 0.0709. The van der Waals surface area contributed by atoms with Gasteiger partial charge < -0.3 is 14.2 Å². The summed E-state index contributed by atoms with van der Waals surface area (Å²) in [6, 6.07) is 29.9. The molecule has 1 unspecified atom stereocenters. The van der Waals surface area contributed by atoms with Gasteiger partial charge in [-0.1, -0.05) is 58.4 Å². The fraction of sp³-hybridized carbons (Fsp3) is 0.179. The Bertz CT molecular complexity index is 1220. The number of ether oxygens (including phenoxy) is 1. The van der Waals surface area contributed by atoms with Crippen LogP contribution < -0.4 is 4.74 Å². The first-order valence-corrected chi connectivity index (χ1v) is 12.0. The molecule has 0 aliphatic carbocycles. The number of aromatic nitrogens is 1. The molecule has 5 rings (SSSR count). The Hall–Kier alpha value is -3.31. The van der Waals surface area contributed by atoms with E-state index in [-0.39, 0.29) is 11.9 Å². The number of carbonyl (C=O) groups is 1. The third kappa shape index (κ3) is 4.74. The molecule has 0 fully saturated rings. The Labute approximate surface area is 202 Å². The predicted molar refractivity (Wildman–Crippen MR) is 133 cm³/mol. The van der Waals surface area contributed by atoms with Crippen LogP contribution in [0.1, 0.15) is 39.6 Å². The Morgan fingerprint density at radius 1 is 0.879 bits per heavy atom. The van der Waals surface area contributed by atoms with Gasteiger partial charge in [-0.05, 0) is 66.1 Å². The van der Waals surface area contributed by atoms with E-state index >= 15 is 0 Å². The molecule has 33 heavy (non-hydrogen) atoms. The van der Waals surface area contributed by atoms with Gasteiger partial charge in [0.25, 0.3) is 5.91 Å². The van der Waals surface area contributed by atoms with Crippen molar-refractivity contribution in [3.8, 4) is 5.75 Å². The molecule has 0 N–H and O–H groups in total. The normalized spacial score (nSPS) is 15.5. The molecule has 2 heterocycles. The van der Waals surface area contributed by atoms with Gasteiger partial charge >= 0.3 is 0 Å². The predicted octanol–water partition coefficient (Wildman–Crippen LogP) is 6.47. The molecule has 4 aromatic rings. The maximum absolute atomic E-state index is 13.6. The van der Waals surface area contributed by atoms with E-state index in [2.05, 4.69) is 63.1 Å². The van der Waals surface area contributed by atoms with Gasteiger partial charge in [0.1, 0.15) is 12.4 Å². The molecule has 0 radical (unpaired) electrons. The summed E-state index contributed by atoms with van der Waals surface area (Å²) < 4.78 is 9.21. The molecule has 0 spiro atoms. The van der Waals surface area contributed by atoms with Crippen molar-refractivity contribution in [2.75, 3.05) is 6.54 Å². The van der Waals surface area contributed by atoms with E-state index in [0.717, 1.165) is 40.0 Å². The Morgan fingerprint density at radius 3 is 2.39 bits per heavy atom. The minimum atomic E-state index is -0.151. The summed E-state index contributed by atoms with van der Waals surface area (Å²) in [6.45, 7) is 2.13. The first-order valence-electron chi connectivity index (χ1n) is 11.2. The number of halogens is 1. The van der Waals surface area contributed by atoms with E-state index in [1.807, 2.05) is 59.5 Å². The molecule has 1 aliphatic rings. The molecule has 5 heteroatoms. The zero-order valence-electron chi connectivity index (χ0n) is 18.2. The first kappa shape index (κ1) is 21.5. The van der Waals surface area contributed by atoms with Crippen molar-refractivity contribution in [1.29, 1.82) is 0 Å². The number of benzene rings is 3. The smallest absolute Gasteiger partial charge is 0.254 e. The van der Waals surface area contributed by atoms with Crippen LogP contribution in [0.25, 0.3) is 0 Å². The van der Waals surface area contributed by atoms with Crippen LogP contribution in [0.3, 0.4) is 0 Å². The number of fused-ring (bicyclic) bond motifs is 1. The monoisotopic (exact) mass is 500 g/mol. The number of rotatable bonds is 5. The minimum Gasteiger partial charge on any atom is -0.489 e. The van der Waals surface area contributed by atoms with Crippen LogP contribution in [0.2, 0.25) is 0 Å². The van der Waals surface area contributed by atoms with Crippen LogP contribution in [0.15, 0.2) is 102 Å². The van der Waals surface area contributed by atoms with Gasteiger partial charge in [-0.2, -0.15) is 0 Å². The summed E-state index contributed by atoms with van der Waals surface area (Å²) in [5, 5.41) is 0. The van der Waals surface area contributed by atoms with Crippen molar-refractivity contribution < 1.29 is 9.53 Å². The summed E-state index contributed by atoms with van der Waals surface area (Å²) >= 11 is 3.46. The zero-order chi connectivity index (χ0) is 22.6. The van der Waals surface area contributed by atoms with Gasteiger partial charge in [0.15, 0.2) is 0 Å². The average molecular weight is 501 g/mol. The van der Waals surface area contributed by atoms with Crippen LogP contribution in [-0.2, 0) is 13.2 Å². The molecule has 1 amide bonds. The molecule has 1 aromatic heterocycles. The van der Waals surface area contributed by atoms with Gasteiger partial charge in [0.05, 0.1) is 6.04 Å². The quantitative estimate of drug-likeness (QED) is 0.314. The second-order valence-corrected chi connectivity index (χ2v) is 9.15. The van der Waals surface area contributed by atoms with Gasteiger partial charge in [-0.15, -0.1) is 0 Å². The van der Waals surface area contributed by atoms with Crippen LogP contribution in [0, 0.1) is 0 Å². The molecule has 1 aliphatic heterocycles. The summed E-state index contributed by atoms with van der Waals surface area (Å²) in [4.78, 5) is 15.6. The number of hydrogen-bond acceptors (Lipinski definition) is 2. The average Bonchev–Trinajstić information content (AvgIpc) is 3.24. The molecule has 1 atom stereocenters. The number of carbonyl (C=O) groups excluding carboxylic acids is 1. The lowest BCUT2D eigenvalue weighted by Crippen LogP contribution is -2.35. The van der Waals surface area contributed by atoms with Crippen molar-refractivity contribution in [1.82, 2.24) is 9.47 Å². The maximum atomic E-state index is 13.6.